The highest BCUT2D eigenvalue weighted by atomic mass is 16.3. The Bertz CT molecular complexity index is 992. The van der Waals surface area contributed by atoms with Crippen LogP contribution in [0.25, 0.3) is 10.8 Å². The molecule has 0 aliphatic heterocycles. The molecule has 0 N–H and O–H groups in total. The smallest absolute Gasteiger partial charge is 0.196 e. The van der Waals surface area contributed by atoms with Crippen molar-refractivity contribution in [2.75, 3.05) is 0 Å². The number of hydrogen-bond donors (Lipinski definition) is 0. The maximum atomic E-state index is 12.8. The van der Waals surface area contributed by atoms with Gasteiger partial charge in [0, 0.05) is 22.1 Å². The van der Waals surface area contributed by atoms with Gasteiger partial charge in [0.25, 0.3) is 0 Å². The van der Waals surface area contributed by atoms with E-state index in [2.05, 4.69) is 5.18 Å². The van der Waals surface area contributed by atoms with E-state index < -0.39 is 5.78 Å². The summed E-state index contributed by atoms with van der Waals surface area (Å²) < 4.78 is 0. The molecule has 0 saturated carbocycles. The van der Waals surface area contributed by atoms with Crippen molar-refractivity contribution >= 4 is 34.8 Å². The first-order chi connectivity index (χ1) is 11.7. The second-order valence-corrected chi connectivity index (χ2v) is 5.19. The Hall–Kier alpha value is -3.47. The highest BCUT2D eigenvalue weighted by molar-refractivity contribution is 6.18. The molecule has 0 atom stereocenters. The summed E-state index contributed by atoms with van der Waals surface area (Å²) in [5.41, 5.74) is 0.659. The van der Waals surface area contributed by atoms with Gasteiger partial charge < -0.3 is 0 Å². The Balaban J connectivity index is 2.21. The van der Waals surface area contributed by atoms with Crippen molar-refractivity contribution in [1.29, 1.82) is 0 Å². The van der Waals surface area contributed by atoms with Crippen molar-refractivity contribution in [3.05, 3.63) is 81.8 Å². The Morgan fingerprint density at radius 2 is 1.62 bits per heavy atom. The molecule has 0 radical (unpaired) electrons. The summed E-state index contributed by atoms with van der Waals surface area (Å²) in [6.45, 7) is 0. The molecule has 5 heteroatoms. The summed E-state index contributed by atoms with van der Waals surface area (Å²) in [4.78, 5) is 46.2. The van der Waals surface area contributed by atoms with Crippen LogP contribution in [0.5, 0.6) is 0 Å². The van der Waals surface area contributed by atoms with Crippen LogP contribution in [0.4, 0.5) is 5.69 Å². The van der Waals surface area contributed by atoms with Crippen molar-refractivity contribution in [2.24, 2.45) is 5.18 Å². The van der Waals surface area contributed by atoms with Crippen LogP contribution in [0.3, 0.4) is 0 Å². The van der Waals surface area contributed by atoms with Gasteiger partial charge in [-0.3, -0.25) is 14.4 Å². The van der Waals surface area contributed by atoms with Crippen LogP contribution in [-0.2, 0) is 0 Å². The molecule has 0 bridgehead atoms. The number of rotatable bonds is 5. The van der Waals surface area contributed by atoms with E-state index in [1.165, 1.54) is 24.3 Å². The van der Waals surface area contributed by atoms with Gasteiger partial charge in [0.05, 0.1) is 5.56 Å². The summed E-state index contributed by atoms with van der Waals surface area (Å²) in [5, 5.41) is 4.37. The van der Waals surface area contributed by atoms with Gasteiger partial charge in [-0.05, 0) is 28.8 Å². The average molecular weight is 317 g/mol. The van der Waals surface area contributed by atoms with Crippen LogP contribution in [0.2, 0.25) is 0 Å². The van der Waals surface area contributed by atoms with Crippen LogP contribution in [0.1, 0.15) is 36.6 Å². The molecule has 116 valence electrons. The van der Waals surface area contributed by atoms with Gasteiger partial charge >= 0.3 is 0 Å². The second-order valence-electron chi connectivity index (χ2n) is 5.19. The molecule has 0 saturated heterocycles. The Morgan fingerprint density at radius 3 is 2.33 bits per heavy atom. The van der Waals surface area contributed by atoms with Crippen LogP contribution in [0, 0.1) is 4.91 Å². The zero-order valence-corrected chi connectivity index (χ0v) is 12.4. The largest absolute Gasteiger partial charge is 0.298 e. The number of aldehydes is 2. The van der Waals surface area contributed by atoms with Gasteiger partial charge in [-0.1, -0.05) is 36.4 Å². The summed E-state index contributed by atoms with van der Waals surface area (Å²) in [5.74, 6) is -0.491. The summed E-state index contributed by atoms with van der Waals surface area (Å²) in [7, 11) is 0. The Kier molecular flexibility index (Phi) is 4.07. The summed E-state index contributed by atoms with van der Waals surface area (Å²) >= 11 is 0. The van der Waals surface area contributed by atoms with Crippen LogP contribution >= 0.6 is 0 Å². The van der Waals surface area contributed by atoms with Crippen LogP contribution in [0.15, 0.2) is 59.8 Å². The average Bonchev–Trinajstić information content (AvgIpc) is 2.65. The van der Waals surface area contributed by atoms with Gasteiger partial charge in [-0.15, -0.1) is 4.91 Å². The van der Waals surface area contributed by atoms with E-state index in [4.69, 9.17) is 0 Å². The highest BCUT2D eigenvalue weighted by Gasteiger charge is 2.19. The molecular formula is C19H11NO4. The topological polar surface area (TPSA) is 80.6 Å². The van der Waals surface area contributed by atoms with Crippen molar-refractivity contribution in [3.8, 4) is 0 Å². The van der Waals surface area contributed by atoms with E-state index in [0.29, 0.717) is 23.5 Å². The zero-order valence-electron chi connectivity index (χ0n) is 12.4. The molecule has 5 nitrogen and oxygen atoms in total. The summed E-state index contributed by atoms with van der Waals surface area (Å²) in [6.07, 6.45) is 1.10. The number of nitrogens with zero attached hydrogens (tertiary/aromatic N) is 1. The molecular weight excluding hydrogens is 306 g/mol. The van der Waals surface area contributed by atoms with Gasteiger partial charge in [-0.25, -0.2) is 0 Å². The van der Waals surface area contributed by atoms with Gasteiger partial charge in [0.2, 0.25) is 0 Å². The number of benzene rings is 3. The molecule has 0 amide bonds. The van der Waals surface area contributed by atoms with Gasteiger partial charge in [0.1, 0.15) is 12.0 Å². The first kappa shape index (κ1) is 15.4. The monoisotopic (exact) mass is 317 g/mol. The third-order valence-electron chi connectivity index (χ3n) is 3.82. The van der Waals surface area contributed by atoms with Crippen LogP contribution < -0.4 is 0 Å². The molecule has 0 aliphatic rings. The molecule has 0 fully saturated rings. The lowest BCUT2D eigenvalue weighted by molar-refractivity contribution is 0.102. The van der Waals surface area contributed by atoms with E-state index in [0.717, 1.165) is 5.39 Å². The van der Waals surface area contributed by atoms with Crippen molar-refractivity contribution in [3.63, 3.8) is 0 Å². The predicted octanol–water partition coefficient (Wildman–Crippen LogP) is 4.09. The van der Waals surface area contributed by atoms with Crippen molar-refractivity contribution in [2.45, 2.75) is 0 Å². The molecule has 3 aromatic carbocycles. The lowest BCUT2D eigenvalue weighted by Gasteiger charge is -2.08. The lowest BCUT2D eigenvalue weighted by Crippen LogP contribution is -2.06. The first-order valence-corrected chi connectivity index (χ1v) is 7.14. The van der Waals surface area contributed by atoms with Gasteiger partial charge in [0.15, 0.2) is 12.1 Å². The molecule has 0 aromatic heterocycles. The maximum Gasteiger partial charge on any atom is 0.196 e. The highest BCUT2D eigenvalue weighted by Crippen LogP contribution is 2.32. The quantitative estimate of drug-likeness (QED) is 0.403. The van der Waals surface area contributed by atoms with Crippen LogP contribution in [-0.4, -0.2) is 18.4 Å². The number of carbonyl (C=O) groups is 3. The third kappa shape index (κ3) is 2.52. The van der Waals surface area contributed by atoms with E-state index in [-0.39, 0.29) is 22.4 Å². The lowest BCUT2D eigenvalue weighted by atomic mass is 9.94. The first-order valence-electron chi connectivity index (χ1n) is 7.14. The zero-order chi connectivity index (χ0) is 17.1. The summed E-state index contributed by atoms with van der Waals surface area (Å²) in [6, 6.07) is 14.5. The van der Waals surface area contributed by atoms with Crippen molar-refractivity contribution in [1.82, 2.24) is 0 Å². The molecule has 3 aromatic rings. The second kappa shape index (κ2) is 6.34. The van der Waals surface area contributed by atoms with E-state index in [9.17, 15) is 19.3 Å². The predicted molar refractivity (Wildman–Crippen MR) is 90.1 cm³/mol. The standard InChI is InChI=1S/C19H11NO4/c21-10-12-5-7-16(14(9-12)11-22)19(23)17-8-6-13-3-1-2-4-15(13)18(17)20-24/h1-11H. The number of fused-ring (bicyclic) bond motifs is 1. The maximum absolute atomic E-state index is 12.8. The fraction of sp³-hybridized carbons (Fsp3) is 0. The Morgan fingerprint density at radius 1 is 0.875 bits per heavy atom. The third-order valence-corrected chi connectivity index (χ3v) is 3.82. The number of carbonyl (C=O) groups excluding carboxylic acids is 3. The fourth-order valence-electron chi connectivity index (χ4n) is 2.64. The fourth-order valence-corrected chi connectivity index (χ4v) is 2.64. The molecule has 0 unspecified atom stereocenters. The molecule has 0 spiro atoms. The van der Waals surface area contributed by atoms with Crippen molar-refractivity contribution < 1.29 is 14.4 Å². The minimum absolute atomic E-state index is 0.0365. The molecule has 0 aliphatic carbocycles. The minimum Gasteiger partial charge on any atom is -0.298 e. The number of nitroso groups, excluding NO2 is 1. The minimum atomic E-state index is -0.491. The normalized spacial score (nSPS) is 10.3. The van der Waals surface area contributed by atoms with E-state index in [1.807, 2.05) is 12.1 Å². The van der Waals surface area contributed by atoms with E-state index >= 15 is 0 Å². The molecule has 3 rings (SSSR count). The van der Waals surface area contributed by atoms with Gasteiger partial charge in [-0.2, -0.15) is 0 Å². The number of hydrogen-bond acceptors (Lipinski definition) is 5. The Labute approximate surface area is 136 Å². The molecule has 24 heavy (non-hydrogen) atoms. The number of ketones is 1. The van der Waals surface area contributed by atoms with E-state index in [1.54, 1.807) is 18.2 Å². The molecule has 0 heterocycles. The SMILES string of the molecule is O=Cc1ccc(C(=O)c2ccc3ccccc3c2N=O)c(C=O)c1.